The molecule has 11 nitrogen and oxygen atoms in total. The van der Waals surface area contributed by atoms with E-state index in [2.05, 4.69) is 20.2 Å². The zero-order valence-electron chi connectivity index (χ0n) is 15.9. The van der Waals surface area contributed by atoms with E-state index in [-0.39, 0.29) is 29.3 Å². The van der Waals surface area contributed by atoms with Crippen molar-refractivity contribution in [2.45, 2.75) is 13.5 Å². The molecule has 0 saturated heterocycles. The van der Waals surface area contributed by atoms with Crippen molar-refractivity contribution in [1.82, 2.24) is 23.7 Å². The van der Waals surface area contributed by atoms with E-state index < -0.39 is 17.2 Å². The maximum atomic E-state index is 12.3. The highest BCUT2D eigenvalue weighted by Gasteiger charge is 2.16. The number of aromatic nitrogens is 5. The van der Waals surface area contributed by atoms with Gasteiger partial charge in [0.25, 0.3) is 11.5 Å². The Hall–Kier alpha value is -4.02. The van der Waals surface area contributed by atoms with Gasteiger partial charge in [-0.3, -0.25) is 19.1 Å². The number of fused-ring (bicyclic) bond motifs is 2. The summed E-state index contributed by atoms with van der Waals surface area (Å²) in [4.78, 5) is 42.2. The Morgan fingerprint density at radius 1 is 1.24 bits per heavy atom. The number of aryl methyl sites for hydroxylation is 3. The monoisotopic (exact) mass is 395 g/mol. The fraction of sp³-hybridized carbons (Fsp3) is 0.222. The first kappa shape index (κ1) is 18.3. The van der Waals surface area contributed by atoms with E-state index in [0.29, 0.717) is 5.39 Å². The van der Waals surface area contributed by atoms with Gasteiger partial charge < -0.3 is 14.2 Å². The number of nitrogens with one attached hydrogen (secondary N) is 1. The second kappa shape index (κ2) is 6.55. The Morgan fingerprint density at radius 3 is 2.76 bits per heavy atom. The molecule has 0 aliphatic carbocycles. The lowest BCUT2D eigenvalue weighted by Gasteiger charge is -2.01. The summed E-state index contributed by atoms with van der Waals surface area (Å²) in [5, 5.41) is 18.6. The molecule has 0 bridgehead atoms. The van der Waals surface area contributed by atoms with Crippen LogP contribution in [-0.4, -0.2) is 34.7 Å². The number of nitrogens with zero attached hydrogens (tertiary/aromatic N) is 6. The first-order valence-corrected chi connectivity index (χ1v) is 8.64. The van der Waals surface area contributed by atoms with Gasteiger partial charge in [0.05, 0.1) is 11.8 Å². The van der Waals surface area contributed by atoms with E-state index in [9.17, 15) is 19.5 Å². The van der Waals surface area contributed by atoms with Crippen LogP contribution in [0.4, 0.5) is 5.69 Å². The van der Waals surface area contributed by atoms with Crippen LogP contribution in [-0.2, 0) is 25.4 Å². The third-order valence-corrected chi connectivity index (χ3v) is 4.74. The maximum absolute atomic E-state index is 12.3. The largest absolute Gasteiger partial charge is 0.493 e. The van der Waals surface area contributed by atoms with Crippen LogP contribution in [0.5, 0.6) is 5.88 Å². The molecule has 1 amide bonds. The molecule has 11 heteroatoms. The van der Waals surface area contributed by atoms with Crippen LogP contribution in [0.25, 0.3) is 22.1 Å². The number of benzene rings is 1. The summed E-state index contributed by atoms with van der Waals surface area (Å²) in [5.41, 5.74) is 0.913. The molecule has 0 fully saturated rings. The molecule has 3 aromatic heterocycles. The third-order valence-electron chi connectivity index (χ3n) is 4.74. The number of amides is 1. The number of azo groups is 1. The van der Waals surface area contributed by atoms with Crippen LogP contribution in [0, 0.1) is 6.92 Å². The fourth-order valence-electron chi connectivity index (χ4n) is 3.21. The quantitative estimate of drug-likeness (QED) is 0.502. The molecule has 0 unspecified atom stereocenters. The minimum Gasteiger partial charge on any atom is -0.493 e. The zero-order chi connectivity index (χ0) is 20.9. The molecule has 0 radical (unpaired) electrons. The molecule has 0 aliphatic rings. The summed E-state index contributed by atoms with van der Waals surface area (Å²) < 4.78 is 4.02. The van der Waals surface area contributed by atoms with Gasteiger partial charge in [0.1, 0.15) is 6.54 Å². The van der Waals surface area contributed by atoms with Gasteiger partial charge in [0.15, 0.2) is 16.9 Å². The average Bonchev–Trinajstić information content (AvgIpc) is 3.19. The van der Waals surface area contributed by atoms with Crippen LogP contribution in [0.1, 0.15) is 5.56 Å². The number of H-pyrrole nitrogens is 1. The van der Waals surface area contributed by atoms with Gasteiger partial charge in [-0.2, -0.15) is 0 Å². The lowest BCUT2D eigenvalue weighted by Crippen LogP contribution is -2.29. The van der Waals surface area contributed by atoms with Crippen LogP contribution < -0.4 is 11.2 Å². The Bertz CT molecular complexity index is 1430. The molecular formula is C18H17N7O4. The molecule has 29 heavy (non-hydrogen) atoms. The van der Waals surface area contributed by atoms with Crippen molar-refractivity contribution < 1.29 is 9.90 Å². The number of hydrogen-bond donors (Lipinski definition) is 2. The topological polar surface area (TPSA) is 140 Å². The maximum Gasteiger partial charge on any atom is 0.329 e. The molecule has 2 N–H and O–H groups in total. The van der Waals surface area contributed by atoms with Crippen molar-refractivity contribution in [2.24, 2.45) is 24.3 Å². The van der Waals surface area contributed by atoms with Crippen molar-refractivity contribution in [2.75, 3.05) is 0 Å². The van der Waals surface area contributed by atoms with Gasteiger partial charge in [-0.15, -0.1) is 10.2 Å². The summed E-state index contributed by atoms with van der Waals surface area (Å²) in [5.74, 6) is -0.761. The molecule has 0 saturated carbocycles. The van der Waals surface area contributed by atoms with E-state index in [1.165, 1.54) is 22.5 Å². The molecule has 4 aromatic rings. The van der Waals surface area contributed by atoms with Crippen LogP contribution in [0.3, 0.4) is 0 Å². The van der Waals surface area contributed by atoms with Crippen LogP contribution in [0.15, 0.2) is 44.3 Å². The Balaban J connectivity index is 1.68. The van der Waals surface area contributed by atoms with Gasteiger partial charge in [0, 0.05) is 19.5 Å². The molecule has 3 heterocycles. The minimum atomic E-state index is -0.651. The fourth-order valence-corrected chi connectivity index (χ4v) is 3.21. The Kier molecular flexibility index (Phi) is 4.14. The molecular weight excluding hydrogens is 378 g/mol. The molecule has 148 valence electrons. The lowest BCUT2D eigenvalue weighted by atomic mass is 10.1. The summed E-state index contributed by atoms with van der Waals surface area (Å²) in [7, 11) is 3.15. The van der Waals surface area contributed by atoms with Gasteiger partial charge in [-0.1, -0.05) is 11.6 Å². The molecule has 1 aromatic carbocycles. The summed E-state index contributed by atoms with van der Waals surface area (Å²) in [6.07, 6.45) is 1.28. The predicted octanol–water partition coefficient (Wildman–Crippen LogP) is 1.24. The van der Waals surface area contributed by atoms with E-state index >= 15 is 0 Å². The highest BCUT2D eigenvalue weighted by Crippen LogP contribution is 2.38. The van der Waals surface area contributed by atoms with E-state index in [1.54, 1.807) is 11.6 Å². The number of aromatic hydroxyl groups is 1. The van der Waals surface area contributed by atoms with E-state index in [0.717, 1.165) is 11.1 Å². The van der Waals surface area contributed by atoms with E-state index in [1.807, 2.05) is 25.1 Å². The molecule has 0 spiro atoms. The van der Waals surface area contributed by atoms with Crippen molar-refractivity contribution in [3.05, 3.63) is 50.9 Å². The predicted molar refractivity (Wildman–Crippen MR) is 104 cm³/mol. The van der Waals surface area contributed by atoms with Crippen molar-refractivity contribution in [3.63, 3.8) is 0 Å². The number of carbonyl (C=O) groups excluding carboxylic acids is 1. The summed E-state index contributed by atoms with van der Waals surface area (Å²) in [6.45, 7) is 1.61. The van der Waals surface area contributed by atoms with Gasteiger partial charge in [0.2, 0.25) is 5.88 Å². The van der Waals surface area contributed by atoms with Crippen molar-refractivity contribution in [1.29, 1.82) is 0 Å². The van der Waals surface area contributed by atoms with Crippen LogP contribution in [0.2, 0.25) is 0 Å². The molecule has 4 rings (SSSR count). The van der Waals surface area contributed by atoms with Crippen molar-refractivity contribution in [3.8, 4) is 5.88 Å². The smallest absolute Gasteiger partial charge is 0.329 e. The van der Waals surface area contributed by atoms with Crippen molar-refractivity contribution >= 4 is 33.7 Å². The van der Waals surface area contributed by atoms with Crippen LogP contribution >= 0.6 is 0 Å². The Labute approximate surface area is 162 Å². The first-order valence-electron chi connectivity index (χ1n) is 8.64. The van der Waals surface area contributed by atoms with Gasteiger partial charge in [-0.25, -0.2) is 9.78 Å². The standard InChI is InChI=1S/C18H17N7O4/c1-9-4-5-11-10(6-9)13(17(28)23(11)2)22-21-12(26)7-25-8-19-15-14(25)16(27)20-18(29)24(15)3/h4-6,8,28H,7H2,1-3H3,(H,20,27,29). The third kappa shape index (κ3) is 2.92. The normalized spacial score (nSPS) is 11.8. The number of aromatic amines is 1. The minimum absolute atomic E-state index is 0.0827. The number of imidazole rings is 1. The summed E-state index contributed by atoms with van der Waals surface area (Å²) >= 11 is 0. The van der Waals surface area contributed by atoms with Gasteiger partial charge >= 0.3 is 5.69 Å². The second-order valence-corrected chi connectivity index (χ2v) is 6.71. The number of carbonyl (C=O) groups is 1. The number of rotatable bonds is 3. The SMILES string of the molecule is Cc1ccc2c(c1)c(N=NC(=O)Cn1cnc3c1c(=O)[nH]c(=O)n3C)c(O)n2C. The average molecular weight is 395 g/mol. The highest BCUT2D eigenvalue weighted by molar-refractivity contribution is 5.95. The zero-order valence-corrected chi connectivity index (χ0v) is 15.9. The van der Waals surface area contributed by atoms with Gasteiger partial charge in [-0.05, 0) is 19.1 Å². The van der Waals surface area contributed by atoms with E-state index in [4.69, 9.17) is 0 Å². The number of hydrogen-bond acceptors (Lipinski definition) is 6. The Morgan fingerprint density at radius 2 is 2.00 bits per heavy atom. The first-order chi connectivity index (χ1) is 13.8. The molecule has 0 aliphatic heterocycles. The highest BCUT2D eigenvalue weighted by atomic mass is 16.3. The molecule has 0 atom stereocenters. The summed E-state index contributed by atoms with van der Waals surface area (Å²) in [6, 6.07) is 5.60. The second-order valence-electron chi connectivity index (χ2n) is 6.71. The lowest BCUT2D eigenvalue weighted by molar-refractivity contribution is -0.118.